The molecule has 1 heterocycles. The highest BCUT2D eigenvalue weighted by Gasteiger charge is 2.31. The van der Waals surface area contributed by atoms with Crippen molar-refractivity contribution in [2.24, 2.45) is 5.73 Å². The molecule has 21 heavy (non-hydrogen) atoms. The van der Waals surface area contributed by atoms with Gasteiger partial charge in [-0.15, -0.1) is 0 Å². The number of rotatable bonds is 4. The second kappa shape index (κ2) is 5.49. The summed E-state index contributed by atoms with van der Waals surface area (Å²) in [5.74, 6) is 1.39. The Hall–Kier alpha value is -1.87. The number of nitrogens with zero attached hydrogens (tertiary/aromatic N) is 1. The van der Waals surface area contributed by atoms with Gasteiger partial charge in [-0.2, -0.15) is 0 Å². The molecule has 3 nitrogen and oxygen atoms in total. The maximum atomic E-state index is 6.44. The van der Waals surface area contributed by atoms with Crippen molar-refractivity contribution in [3.8, 4) is 5.75 Å². The Bertz CT molecular complexity index is 666. The first-order valence-corrected chi connectivity index (χ1v) is 7.44. The van der Waals surface area contributed by atoms with E-state index in [1.165, 1.54) is 11.1 Å². The molecule has 1 aliphatic rings. The summed E-state index contributed by atoms with van der Waals surface area (Å²) in [5, 5.41) is 0. The zero-order valence-electron chi connectivity index (χ0n) is 12.9. The molecule has 1 aromatic carbocycles. The first-order valence-electron chi connectivity index (χ1n) is 7.44. The molecule has 2 N–H and O–H groups in total. The standard InChI is InChI=1S/C18H22N2O/c1-11-10-20-17(12(2)18(11)21-3)9-16(19)15-8-13-6-4-5-7-14(13)15/h4-7,10,15-16H,8-9,19H2,1-3H3. The molecule has 2 atom stereocenters. The van der Waals surface area contributed by atoms with E-state index in [2.05, 4.69) is 36.2 Å². The Kier molecular flexibility index (Phi) is 3.68. The van der Waals surface area contributed by atoms with E-state index in [1.54, 1.807) is 7.11 Å². The molecule has 1 aromatic heterocycles. The fourth-order valence-electron chi connectivity index (χ4n) is 3.32. The number of pyridine rings is 1. The van der Waals surface area contributed by atoms with Crippen LogP contribution >= 0.6 is 0 Å². The number of nitrogens with two attached hydrogens (primary N) is 1. The Balaban J connectivity index is 1.79. The molecule has 0 radical (unpaired) electrons. The molecule has 3 rings (SSSR count). The number of aryl methyl sites for hydroxylation is 1. The Morgan fingerprint density at radius 2 is 2.10 bits per heavy atom. The molecule has 0 aliphatic heterocycles. The van der Waals surface area contributed by atoms with Gasteiger partial charge in [0, 0.05) is 41.4 Å². The third kappa shape index (κ3) is 2.42. The Morgan fingerprint density at radius 1 is 1.33 bits per heavy atom. The first kappa shape index (κ1) is 14.1. The van der Waals surface area contributed by atoms with Crippen LogP contribution in [0.1, 0.15) is 33.9 Å². The minimum Gasteiger partial charge on any atom is -0.496 e. The summed E-state index contributed by atoms with van der Waals surface area (Å²) < 4.78 is 5.47. The summed E-state index contributed by atoms with van der Waals surface area (Å²) in [7, 11) is 1.71. The van der Waals surface area contributed by atoms with Crippen molar-refractivity contribution in [3.63, 3.8) is 0 Å². The number of hydrogen-bond acceptors (Lipinski definition) is 3. The lowest BCUT2D eigenvalue weighted by Gasteiger charge is -2.34. The van der Waals surface area contributed by atoms with Gasteiger partial charge in [0.2, 0.25) is 0 Å². The Morgan fingerprint density at radius 3 is 2.81 bits per heavy atom. The van der Waals surface area contributed by atoms with Gasteiger partial charge in [0.25, 0.3) is 0 Å². The van der Waals surface area contributed by atoms with Crippen LogP contribution in [-0.2, 0) is 12.8 Å². The highest BCUT2D eigenvalue weighted by Crippen LogP contribution is 2.38. The van der Waals surface area contributed by atoms with Crippen LogP contribution in [0.2, 0.25) is 0 Å². The van der Waals surface area contributed by atoms with E-state index in [0.29, 0.717) is 5.92 Å². The van der Waals surface area contributed by atoms with Crippen LogP contribution in [0, 0.1) is 13.8 Å². The maximum absolute atomic E-state index is 6.44. The second-order valence-corrected chi connectivity index (χ2v) is 5.92. The van der Waals surface area contributed by atoms with Crippen molar-refractivity contribution in [3.05, 3.63) is 58.4 Å². The predicted molar refractivity (Wildman–Crippen MR) is 84.8 cm³/mol. The van der Waals surface area contributed by atoms with Crippen LogP contribution in [0.3, 0.4) is 0 Å². The molecule has 1 aliphatic carbocycles. The molecular formula is C18H22N2O. The van der Waals surface area contributed by atoms with Gasteiger partial charge in [-0.3, -0.25) is 4.98 Å². The van der Waals surface area contributed by atoms with E-state index in [1.807, 2.05) is 13.1 Å². The molecule has 0 bridgehead atoms. The minimum absolute atomic E-state index is 0.110. The lowest BCUT2D eigenvalue weighted by Crippen LogP contribution is -2.37. The number of ether oxygens (including phenoxy) is 1. The lowest BCUT2D eigenvalue weighted by atomic mass is 9.72. The summed E-state index contributed by atoms with van der Waals surface area (Å²) in [6, 6.07) is 8.68. The number of methoxy groups -OCH3 is 1. The van der Waals surface area contributed by atoms with Gasteiger partial charge in [-0.1, -0.05) is 24.3 Å². The summed E-state index contributed by atoms with van der Waals surface area (Å²) in [6.07, 6.45) is 3.75. The molecule has 0 amide bonds. The van der Waals surface area contributed by atoms with Crippen molar-refractivity contribution >= 4 is 0 Å². The molecule has 110 valence electrons. The van der Waals surface area contributed by atoms with Crippen LogP contribution < -0.4 is 10.5 Å². The van der Waals surface area contributed by atoms with E-state index in [0.717, 1.165) is 35.4 Å². The molecule has 0 saturated heterocycles. The normalized spacial score (nSPS) is 17.8. The SMILES string of the molecule is COc1c(C)cnc(CC(N)C2Cc3ccccc32)c1C. The summed E-state index contributed by atoms with van der Waals surface area (Å²) in [4.78, 5) is 4.56. The maximum Gasteiger partial charge on any atom is 0.128 e. The van der Waals surface area contributed by atoms with Crippen LogP contribution in [0.15, 0.2) is 30.5 Å². The van der Waals surface area contributed by atoms with Gasteiger partial charge < -0.3 is 10.5 Å². The second-order valence-electron chi connectivity index (χ2n) is 5.92. The monoisotopic (exact) mass is 282 g/mol. The largest absolute Gasteiger partial charge is 0.496 e. The fourth-order valence-corrected chi connectivity index (χ4v) is 3.32. The number of aromatic nitrogens is 1. The van der Waals surface area contributed by atoms with Gasteiger partial charge in [-0.05, 0) is 31.4 Å². The van der Waals surface area contributed by atoms with E-state index in [4.69, 9.17) is 10.5 Å². The summed E-state index contributed by atoms with van der Waals surface area (Å²) in [5.41, 5.74) is 12.5. The van der Waals surface area contributed by atoms with Gasteiger partial charge in [0.1, 0.15) is 5.75 Å². The van der Waals surface area contributed by atoms with Crippen molar-refractivity contribution in [1.29, 1.82) is 0 Å². The van der Waals surface area contributed by atoms with Gasteiger partial charge >= 0.3 is 0 Å². The van der Waals surface area contributed by atoms with Crippen molar-refractivity contribution in [1.82, 2.24) is 4.98 Å². The van der Waals surface area contributed by atoms with E-state index in [-0.39, 0.29) is 6.04 Å². The number of benzene rings is 1. The van der Waals surface area contributed by atoms with Crippen molar-refractivity contribution in [2.45, 2.75) is 38.6 Å². The topological polar surface area (TPSA) is 48.1 Å². The average molecular weight is 282 g/mol. The third-order valence-corrected chi connectivity index (χ3v) is 4.59. The number of fused-ring (bicyclic) bond motifs is 1. The predicted octanol–water partition coefficient (Wildman–Crippen LogP) is 2.92. The average Bonchev–Trinajstić information content (AvgIpc) is 2.44. The van der Waals surface area contributed by atoms with Gasteiger partial charge in [0.15, 0.2) is 0 Å². The smallest absolute Gasteiger partial charge is 0.128 e. The highest BCUT2D eigenvalue weighted by molar-refractivity contribution is 5.43. The van der Waals surface area contributed by atoms with Crippen LogP contribution in [0.25, 0.3) is 0 Å². The Labute approximate surface area is 126 Å². The first-order chi connectivity index (χ1) is 10.1. The van der Waals surface area contributed by atoms with Crippen LogP contribution in [-0.4, -0.2) is 18.1 Å². The fraction of sp³-hybridized carbons (Fsp3) is 0.389. The van der Waals surface area contributed by atoms with Crippen LogP contribution in [0.4, 0.5) is 0 Å². The zero-order chi connectivity index (χ0) is 15.0. The quantitative estimate of drug-likeness (QED) is 0.938. The molecule has 2 aromatic rings. The van der Waals surface area contributed by atoms with E-state index in [9.17, 15) is 0 Å². The minimum atomic E-state index is 0.110. The van der Waals surface area contributed by atoms with Crippen molar-refractivity contribution in [2.75, 3.05) is 7.11 Å². The van der Waals surface area contributed by atoms with Gasteiger partial charge in [0.05, 0.1) is 7.11 Å². The van der Waals surface area contributed by atoms with E-state index < -0.39 is 0 Å². The van der Waals surface area contributed by atoms with E-state index >= 15 is 0 Å². The van der Waals surface area contributed by atoms with Gasteiger partial charge in [-0.25, -0.2) is 0 Å². The molecule has 3 heteroatoms. The summed E-state index contributed by atoms with van der Waals surface area (Å²) in [6.45, 7) is 4.08. The molecule has 0 fully saturated rings. The third-order valence-electron chi connectivity index (χ3n) is 4.59. The summed E-state index contributed by atoms with van der Waals surface area (Å²) >= 11 is 0. The van der Waals surface area contributed by atoms with Crippen molar-refractivity contribution < 1.29 is 4.74 Å². The molecule has 0 spiro atoms. The highest BCUT2D eigenvalue weighted by atomic mass is 16.5. The molecule has 0 saturated carbocycles. The zero-order valence-corrected chi connectivity index (χ0v) is 12.9. The lowest BCUT2D eigenvalue weighted by molar-refractivity contribution is 0.405. The van der Waals surface area contributed by atoms with Crippen LogP contribution in [0.5, 0.6) is 5.75 Å². The molecular weight excluding hydrogens is 260 g/mol. The number of hydrogen-bond donors (Lipinski definition) is 1. The molecule has 2 unspecified atom stereocenters.